The predicted octanol–water partition coefficient (Wildman–Crippen LogP) is 28.8. The Morgan fingerprint density at radius 3 is 1.23 bits per heavy atom. The summed E-state index contributed by atoms with van der Waals surface area (Å²) in [7, 11) is 7.97. The smallest absolute Gasteiger partial charge is 0.227 e. The fraction of sp³-hybridized carbons (Fsp3) is 0.267. The number of aromatic nitrogens is 8. The van der Waals surface area contributed by atoms with Crippen LogP contribution >= 0.6 is 0 Å². The van der Waals surface area contributed by atoms with Crippen molar-refractivity contribution in [1.82, 2.24) is 19.9 Å². The van der Waals surface area contributed by atoms with Crippen molar-refractivity contribution >= 4 is 88.0 Å². The summed E-state index contributed by atoms with van der Waals surface area (Å²) in [6.07, 6.45) is 13.0. The molecule has 4 aliphatic carbocycles. The molecule has 12 aromatic heterocycles. The van der Waals surface area contributed by atoms with Gasteiger partial charge in [-0.1, -0.05) is 206 Å². The molecule has 0 radical (unpaired) electrons. The largest absolute Gasteiger partial charge is 0.455 e. The summed E-state index contributed by atoms with van der Waals surface area (Å²) in [6.45, 7) is 21.3. The van der Waals surface area contributed by atoms with Crippen LogP contribution < -0.4 is 18.3 Å². The molecule has 0 aliphatic heterocycles. The highest BCUT2D eigenvalue weighted by molar-refractivity contribution is 6.16. The maximum Gasteiger partial charge on any atom is 0.227 e. The highest BCUT2D eigenvalue weighted by atomic mass is 16.3. The molecule has 12 heterocycles. The van der Waals surface area contributed by atoms with E-state index in [4.69, 9.17) is 49.6 Å². The van der Waals surface area contributed by atoms with Gasteiger partial charge < -0.3 is 17.7 Å². The van der Waals surface area contributed by atoms with E-state index in [-0.39, 0.29) is 0 Å². The summed E-state index contributed by atoms with van der Waals surface area (Å²) in [5.41, 5.74) is 28.7. The first-order valence-electron chi connectivity index (χ1n) is 53.2. The number of benzene rings is 8. The van der Waals surface area contributed by atoms with Gasteiger partial charge in [-0.2, -0.15) is 0 Å². The van der Waals surface area contributed by atoms with Gasteiger partial charge in [-0.25, -0.2) is 23.3 Å². The minimum Gasteiger partial charge on any atom is -0.455 e. The van der Waals surface area contributed by atoms with E-state index >= 15 is 0 Å². The minimum absolute atomic E-state index is 0.491. The van der Waals surface area contributed by atoms with Gasteiger partial charge >= 0.3 is 0 Å². The van der Waals surface area contributed by atoms with Crippen molar-refractivity contribution in [3.63, 3.8) is 0 Å². The fourth-order valence-corrected chi connectivity index (χ4v) is 20.9. The molecular formula is C120H116N8O4+4. The Bertz CT molecular complexity index is 8760. The topological polar surface area (TPSA) is 120 Å². The van der Waals surface area contributed by atoms with Gasteiger partial charge in [-0.3, -0.25) is 15.0 Å². The summed E-state index contributed by atoms with van der Waals surface area (Å²) >= 11 is 0. The van der Waals surface area contributed by atoms with Crippen LogP contribution in [0.3, 0.4) is 0 Å². The van der Waals surface area contributed by atoms with Crippen molar-refractivity contribution in [3.05, 3.63) is 333 Å². The van der Waals surface area contributed by atoms with E-state index in [9.17, 15) is 0 Å². The number of nitrogens with zero attached hydrogens (tertiary/aromatic N) is 8. The number of hydrogen-bond donors (Lipinski definition) is 0. The fourth-order valence-electron chi connectivity index (χ4n) is 20.9. The first-order valence-corrected chi connectivity index (χ1v) is 45.2. The predicted molar refractivity (Wildman–Crippen MR) is 538 cm³/mol. The summed E-state index contributed by atoms with van der Waals surface area (Å²) in [5.74, 6) is -2.97. The van der Waals surface area contributed by atoms with E-state index in [0.29, 0.717) is 67.4 Å². The van der Waals surface area contributed by atoms with E-state index in [1.54, 1.807) is 46.3 Å². The summed E-state index contributed by atoms with van der Waals surface area (Å²) in [4.78, 5) is 18.8. The SMILES string of the molecule is [2H]C(C)(C)c1cc[n+](C)c(-c2c(C)ccc3c2oc2c4c(ccc23)-c2cccnc2C4(C)C([2H])([2H])[2H])c1.[2H]C(C)(C)c1cc[n+](C)c(-c2c(C)ccc3c2oc2c4c(cnc23)C(C)(C([2H])([2H])[2H])c2ccccc2-4)c1.[2H]C(C)(C)c1cc[n+](C)c(-c2c(C)ccc3c2oc2cc4c(cc23)C(C)(C([2H])([2H])[2H])c2ncccc2-4)c1.[2H]C(C)(C)c1cc[n+](C)c(-c2c(C)ccc3c2oc2nc4c(cc23)C(C)(C([2H])([2H])[2H])c2ccccc2-4)c1. The standard InChI is InChI=1S/4C30H29N2O/c1-17(2)19-13-15-32(6)24(16-19)25-18(3)9-10-21-22-12-11-20-23-8-7-14-31-29(23)30(4,5)26(20)28(22)33-27(21)25;1-17(2)19-11-13-32(6)25(14-19)27-18(3)9-10-20-23-15-24-22(16-26(23)33-28(20)27)21-8-7-12-31-29(21)30(24,4)5;1-17(2)19-13-14-32(6)25(15-19)26-18(3)11-12-20-22-16-24-27(31-29(22)33-28(20)26)21-9-7-8-10-23(21)30(24,4)5;1-17(2)19-13-14-32(6)24(15-19)25-18(3)11-12-21-27-29(33-28(21)25)26-20-9-7-8-10-22(20)30(4,5)23(26)16-31-27/h4*7-17H,1-6H3/q4*+1/i4*4D3,17D. The Hall–Kier alpha value is -13.8. The molecule has 0 fully saturated rings. The molecule has 0 spiro atoms. The van der Waals surface area contributed by atoms with Gasteiger partial charge in [0.1, 0.15) is 56.0 Å². The Morgan fingerprint density at radius 2 is 0.720 bits per heavy atom. The quantitative estimate of drug-likeness (QED) is 0.138. The van der Waals surface area contributed by atoms with Crippen molar-refractivity contribution in [3.8, 4) is 89.7 Å². The van der Waals surface area contributed by atoms with Gasteiger partial charge in [0.2, 0.25) is 28.5 Å². The molecule has 0 saturated heterocycles. The molecule has 8 aromatic carbocycles. The van der Waals surface area contributed by atoms with Gasteiger partial charge in [0, 0.05) is 176 Å². The number of pyridine rings is 8. The summed E-state index contributed by atoms with van der Waals surface area (Å²) in [6, 6.07) is 65.5. The van der Waals surface area contributed by atoms with Crippen LogP contribution in [0.2, 0.25) is 0 Å². The van der Waals surface area contributed by atoms with Gasteiger partial charge in [0.15, 0.2) is 41.5 Å². The van der Waals surface area contributed by atoms with Gasteiger partial charge in [0.05, 0.1) is 39.3 Å². The van der Waals surface area contributed by atoms with Crippen LogP contribution in [0.4, 0.5) is 0 Å². The lowest BCUT2D eigenvalue weighted by Crippen LogP contribution is -2.31. The molecule has 12 heteroatoms. The third kappa shape index (κ3) is 13.0. The monoisotopic (exact) mass is 1750 g/mol. The zero-order chi connectivity index (χ0) is 106. The maximum atomic E-state index is 8.56. The molecule has 4 unspecified atom stereocenters. The Kier molecular flexibility index (Phi) is 16.0. The van der Waals surface area contributed by atoms with Crippen LogP contribution in [0.5, 0.6) is 0 Å². The third-order valence-electron chi connectivity index (χ3n) is 28.4. The lowest BCUT2D eigenvalue weighted by Gasteiger charge is -2.20. The van der Waals surface area contributed by atoms with Crippen molar-refractivity contribution < 1.29 is 57.9 Å². The lowest BCUT2D eigenvalue weighted by molar-refractivity contribution is -0.660. The highest BCUT2D eigenvalue weighted by Gasteiger charge is 2.44. The average Bonchev–Trinajstić information content (AvgIpc) is 1.53. The molecule has 0 amide bonds. The first kappa shape index (κ1) is 68.2. The lowest BCUT2D eigenvalue weighted by atomic mass is 9.82. The maximum absolute atomic E-state index is 8.56. The number of hydrogen-bond acceptors (Lipinski definition) is 8. The summed E-state index contributed by atoms with van der Waals surface area (Å²) in [5, 5.41) is 6.23. The van der Waals surface area contributed by atoms with Crippen molar-refractivity contribution in [2.45, 2.75) is 183 Å². The Labute approximate surface area is 795 Å². The number of fused-ring (bicyclic) bond motifs is 26. The van der Waals surface area contributed by atoms with E-state index in [1.807, 2.05) is 262 Å². The van der Waals surface area contributed by atoms with Gasteiger partial charge in [0.25, 0.3) is 0 Å². The normalized spacial score (nSPS) is 19.7. The molecule has 20 aromatic rings. The second kappa shape index (κ2) is 30.9. The third-order valence-corrected chi connectivity index (χ3v) is 28.4. The molecule has 132 heavy (non-hydrogen) atoms. The van der Waals surface area contributed by atoms with Crippen LogP contribution in [0.15, 0.2) is 261 Å². The van der Waals surface area contributed by atoms with Crippen molar-refractivity contribution in [1.29, 1.82) is 0 Å². The molecule has 0 bridgehead atoms. The molecular weight excluding hydrogens is 1620 g/mol. The Morgan fingerprint density at radius 1 is 0.318 bits per heavy atom. The van der Waals surface area contributed by atoms with E-state index < -0.39 is 72.6 Å². The number of rotatable bonds is 8. The van der Waals surface area contributed by atoms with Crippen LogP contribution in [0, 0.1) is 27.7 Å². The second-order valence-corrected chi connectivity index (χ2v) is 38.2. The molecule has 656 valence electrons. The first-order chi connectivity index (χ1) is 69.3. The molecule has 24 rings (SSSR count). The zero-order valence-corrected chi connectivity index (χ0v) is 78.3. The molecule has 0 N–H and O–H groups in total. The van der Waals surface area contributed by atoms with Crippen molar-refractivity contribution in [2.24, 2.45) is 28.2 Å². The second-order valence-electron chi connectivity index (χ2n) is 38.2. The number of aryl methyl sites for hydroxylation is 8. The van der Waals surface area contributed by atoms with Crippen LogP contribution in [0.1, 0.15) is 245 Å². The van der Waals surface area contributed by atoms with Crippen molar-refractivity contribution in [2.75, 3.05) is 0 Å². The Balaban J connectivity index is 0.000000116. The van der Waals surface area contributed by atoms with Crippen LogP contribution in [-0.2, 0) is 49.9 Å². The minimum atomic E-state index is -2.33. The molecule has 0 saturated carbocycles. The summed E-state index contributed by atoms with van der Waals surface area (Å²) < 4.78 is 170. The molecule has 4 atom stereocenters. The van der Waals surface area contributed by atoms with Gasteiger partial charge in [-0.05, 0) is 197 Å². The number of furan rings is 4. The van der Waals surface area contributed by atoms with Gasteiger partial charge in [-0.15, -0.1) is 0 Å². The van der Waals surface area contributed by atoms with Crippen LogP contribution in [0.25, 0.3) is 178 Å². The average molecular weight is 1750 g/mol. The van der Waals surface area contributed by atoms with E-state index in [1.165, 1.54) is 0 Å². The molecule has 4 aliphatic rings. The van der Waals surface area contributed by atoms with E-state index in [2.05, 4.69) is 103 Å². The zero-order valence-electron chi connectivity index (χ0n) is 94.3. The van der Waals surface area contributed by atoms with E-state index in [0.717, 1.165) is 200 Å². The van der Waals surface area contributed by atoms with Crippen LogP contribution in [-0.4, -0.2) is 19.9 Å². The highest BCUT2D eigenvalue weighted by Crippen LogP contribution is 2.57. The molecule has 12 nitrogen and oxygen atoms in total.